The van der Waals surface area contributed by atoms with Crippen LogP contribution in [0.2, 0.25) is 0 Å². The van der Waals surface area contributed by atoms with E-state index in [1.807, 2.05) is 0 Å². The van der Waals surface area contributed by atoms with Crippen LogP contribution >= 0.6 is 0 Å². The second-order valence-corrected chi connectivity index (χ2v) is 4.79. The number of amides is 1. The molecular formula is C14H18N2O4. The van der Waals surface area contributed by atoms with Crippen LogP contribution in [0, 0.1) is 0 Å². The van der Waals surface area contributed by atoms with Gasteiger partial charge in [-0.2, -0.15) is 0 Å². The molecule has 1 saturated carbocycles. The van der Waals surface area contributed by atoms with Gasteiger partial charge in [0.15, 0.2) is 6.10 Å². The van der Waals surface area contributed by atoms with Crippen LogP contribution in [0.15, 0.2) is 18.2 Å². The molecule has 0 aromatic heterocycles. The van der Waals surface area contributed by atoms with E-state index in [2.05, 4.69) is 10.1 Å². The average molecular weight is 278 g/mol. The Balaban J connectivity index is 2.06. The molecule has 6 nitrogen and oxygen atoms in total. The number of nitrogens with two attached hydrogens (primary N) is 1. The summed E-state index contributed by atoms with van der Waals surface area (Å²) < 4.78 is 10.2. The Morgan fingerprint density at radius 1 is 1.40 bits per heavy atom. The number of rotatable bonds is 5. The highest BCUT2D eigenvalue weighted by atomic mass is 16.5. The van der Waals surface area contributed by atoms with E-state index in [-0.39, 0.29) is 11.9 Å². The number of methoxy groups -OCH3 is 1. The molecule has 0 radical (unpaired) electrons. The lowest BCUT2D eigenvalue weighted by molar-refractivity contribution is -0.127. The number of esters is 1. The van der Waals surface area contributed by atoms with E-state index >= 15 is 0 Å². The number of nitrogens with one attached hydrogen (secondary N) is 1. The fourth-order valence-corrected chi connectivity index (χ4v) is 1.67. The van der Waals surface area contributed by atoms with Crippen molar-refractivity contribution in [2.75, 3.05) is 12.8 Å². The summed E-state index contributed by atoms with van der Waals surface area (Å²) in [6.45, 7) is 1.64. The molecule has 6 heteroatoms. The van der Waals surface area contributed by atoms with Gasteiger partial charge in [-0.05, 0) is 38.0 Å². The lowest BCUT2D eigenvalue weighted by atomic mass is 10.2. The highest BCUT2D eigenvalue weighted by Crippen LogP contribution is 2.25. The van der Waals surface area contributed by atoms with E-state index in [0.29, 0.717) is 17.0 Å². The number of hydrogen-bond donors (Lipinski definition) is 2. The van der Waals surface area contributed by atoms with Gasteiger partial charge in [0.25, 0.3) is 5.91 Å². The first-order valence-corrected chi connectivity index (χ1v) is 6.46. The maximum Gasteiger partial charge on any atom is 0.337 e. The van der Waals surface area contributed by atoms with Crippen LogP contribution in [0.1, 0.15) is 30.1 Å². The van der Waals surface area contributed by atoms with Gasteiger partial charge in [-0.1, -0.05) is 0 Å². The van der Waals surface area contributed by atoms with Crippen molar-refractivity contribution in [2.24, 2.45) is 0 Å². The fourth-order valence-electron chi connectivity index (χ4n) is 1.67. The van der Waals surface area contributed by atoms with E-state index in [1.165, 1.54) is 13.2 Å². The van der Waals surface area contributed by atoms with Gasteiger partial charge >= 0.3 is 5.97 Å². The number of nitrogen functional groups attached to an aromatic ring is 1. The van der Waals surface area contributed by atoms with Crippen molar-refractivity contribution in [3.8, 4) is 5.75 Å². The third-order valence-electron chi connectivity index (χ3n) is 3.03. The monoisotopic (exact) mass is 278 g/mol. The maximum absolute atomic E-state index is 11.8. The smallest absolute Gasteiger partial charge is 0.337 e. The minimum atomic E-state index is -0.675. The zero-order valence-electron chi connectivity index (χ0n) is 11.5. The molecule has 1 amide bonds. The Hall–Kier alpha value is -2.24. The summed E-state index contributed by atoms with van der Waals surface area (Å²) in [6, 6.07) is 4.84. The van der Waals surface area contributed by atoms with E-state index in [1.54, 1.807) is 19.1 Å². The quantitative estimate of drug-likeness (QED) is 0.621. The Morgan fingerprint density at radius 3 is 2.70 bits per heavy atom. The van der Waals surface area contributed by atoms with Gasteiger partial charge in [0, 0.05) is 6.04 Å². The number of anilines is 1. The lowest BCUT2D eigenvalue weighted by Crippen LogP contribution is -2.37. The van der Waals surface area contributed by atoms with Crippen LogP contribution in [0.5, 0.6) is 5.75 Å². The first-order valence-electron chi connectivity index (χ1n) is 6.46. The zero-order valence-corrected chi connectivity index (χ0v) is 11.5. The number of ether oxygens (including phenoxy) is 2. The van der Waals surface area contributed by atoms with Crippen molar-refractivity contribution in [1.82, 2.24) is 5.32 Å². The maximum atomic E-state index is 11.8. The molecule has 1 aliphatic rings. The third-order valence-corrected chi connectivity index (χ3v) is 3.03. The Bertz CT molecular complexity index is 526. The van der Waals surface area contributed by atoms with E-state index < -0.39 is 12.1 Å². The molecule has 0 heterocycles. The summed E-state index contributed by atoms with van der Waals surface area (Å²) in [5.74, 6) is -0.369. The van der Waals surface area contributed by atoms with Gasteiger partial charge in [-0.3, -0.25) is 4.79 Å². The summed E-state index contributed by atoms with van der Waals surface area (Å²) in [6.07, 6.45) is 1.35. The molecule has 1 unspecified atom stereocenters. The average Bonchev–Trinajstić information content (AvgIpc) is 3.24. The molecule has 1 aromatic rings. The molecule has 1 aromatic carbocycles. The van der Waals surface area contributed by atoms with Crippen molar-refractivity contribution in [2.45, 2.75) is 31.9 Å². The van der Waals surface area contributed by atoms with Crippen molar-refractivity contribution < 1.29 is 19.1 Å². The van der Waals surface area contributed by atoms with Gasteiger partial charge in [0.1, 0.15) is 5.75 Å². The number of carbonyl (C=O) groups is 2. The van der Waals surface area contributed by atoms with Crippen molar-refractivity contribution in [1.29, 1.82) is 0 Å². The van der Waals surface area contributed by atoms with Crippen LogP contribution in [0.3, 0.4) is 0 Å². The second-order valence-electron chi connectivity index (χ2n) is 4.79. The molecule has 2 rings (SSSR count). The number of benzene rings is 1. The normalized spacial score (nSPS) is 15.3. The predicted molar refractivity (Wildman–Crippen MR) is 73.4 cm³/mol. The highest BCUT2D eigenvalue weighted by Gasteiger charge is 2.26. The van der Waals surface area contributed by atoms with Crippen LogP contribution in [0.4, 0.5) is 5.69 Å². The predicted octanol–water partition coefficient (Wildman–Crippen LogP) is 1.10. The summed E-state index contributed by atoms with van der Waals surface area (Å²) in [7, 11) is 1.30. The fraction of sp³-hybridized carbons (Fsp3) is 0.429. The molecule has 1 atom stereocenters. The van der Waals surface area contributed by atoms with E-state index in [9.17, 15) is 9.59 Å². The standard InChI is InChI=1S/C14H18N2O4/c1-8(13(17)16-10-4-5-10)20-12-7-9(14(18)19-2)3-6-11(12)15/h3,6-8,10H,4-5,15H2,1-2H3,(H,16,17). The molecular weight excluding hydrogens is 260 g/mol. The molecule has 0 aliphatic heterocycles. The lowest BCUT2D eigenvalue weighted by Gasteiger charge is -2.16. The molecule has 0 bridgehead atoms. The molecule has 0 spiro atoms. The summed E-state index contributed by atoms with van der Waals surface area (Å²) >= 11 is 0. The van der Waals surface area contributed by atoms with Crippen molar-refractivity contribution >= 4 is 17.6 Å². The Morgan fingerprint density at radius 2 is 2.10 bits per heavy atom. The van der Waals surface area contributed by atoms with Crippen molar-refractivity contribution in [3.05, 3.63) is 23.8 Å². The molecule has 108 valence electrons. The van der Waals surface area contributed by atoms with Gasteiger partial charge in [-0.15, -0.1) is 0 Å². The SMILES string of the molecule is COC(=O)c1ccc(N)c(OC(C)C(=O)NC2CC2)c1. The first-order chi connectivity index (χ1) is 9.51. The molecule has 20 heavy (non-hydrogen) atoms. The molecule has 1 fully saturated rings. The van der Waals surface area contributed by atoms with Gasteiger partial charge < -0.3 is 20.5 Å². The van der Waals surface area contributed by atoms with E-state index in [0.717, 1.165) is 12.8 Å². The van der Waals surface area contributed by atoms with Gasteiger partial charge in [0.05, 0.1) is 18.4 Å². The molecule has 1 aliphatic carbocycles. The largest absolute Gasteiger partial charge is 0.479 e. The number of carbonyl (C=O) groups excluding carboxylic acids is 2. The van der Waals surface area contributed by atoms with Crippen LogP contribution < -0.4 is 15.8 Å². The third kappa shape index (κ3) is 3.40. The number of hydrogen-bond acceptors (Lipinski definition) is 5. The minimum absolute atomic E-state index is 0.185. The molecule has 0 saturated heterocycles. The van der Waals surface area contributed by atoms with E-state index in [4.69, 9.17) is 10.5 Å². The van der Waals surface area contributed by atoms with Crippen molar-refractivity contribution in [3.63, 3.8) is 0 Å². The summed E-state index contributed by atoms with van der Waals surface area (Å²) in [5.41, 5.74) is 6.47. The van der Waals surface area contributed by atoms with Gasteiger partial charge in [0.2, 0.25) is 0 Å². The minimum Gasteiger partial charge on any atom is -0.479 e. The van der Waals surface area contributed by atoms with Crippen LogP contribution in [-0.4, -0.2) is 31.1 Å². The summed E-state index contributed by atoms with van der Waals surface area (Å²) in [4.78, 5) is 23.3. The first kappa shape index (κ1) is 14.2. The van der Waals surface area contributed by atoms with Crippen LogP contribution in [-0.2, 0) is 9.53 Å². The zero-order chi connectivity index (χ0) is 14.7. The topological polar surface area (TPSA) is 90.7 Å². The second kappa shape index (κ2) is 5.81. The highest BCUT2D eigenvalue weighted by molar-refractivity contribution is 5.90. The Labute approximate surface area is 117 Å². The van der Waals surface area contributed by atoms with Gasteiger partial charge in [-0.25, -0.2) is 4.79 Å². The Kier molecular flexibility index (Phi) is 4.12. The summed E-state index contributed by atoms with van der Waals surface area (Å²) in [5, 5.41) is 2.85. The molecule has 3 N–H and O–H groups in total. The van der Waals surface area contributed by atoms with Crippen LogP contribution in [0.25, 0.3) is 0 Å².